The summed E-state index contributed by atoms with van der Waals surface area (Å²) >= 11 is 0. The van der Waals surface area contributed by atoms with Crippen molar-refractivity contribution in [2.75, 3.05) is 43.5 Å². The van der Waals surface area contributed by atoms with Gasteiger partial charge in [-0.15, -0.1) is 0 Å². The fraction of sp³-hybridized carbons (Fsp3) is 0.500. The number of nitrogens with zero attached hydrogens (tertiary/aromatic N) is 1. The number of anilines is 2. The quantitative estimate of drug-likeness (QED) is 0.603. The van der Waals surface area contributed by atoms with Crippen molar-refractivity contribution in [3.05, 3.63) is 18.2 Å². The van der Waals surface area contributed by atoms with E-state index in [1.54, 1.807) is 6.07 Å². The lowest BCUT2D eigenvalue weighted by atomic mass is 10.2. The van der Waals surface area contributed by atoms with Crippen LogP contribution in [0.3, 0.4) is 0 Å². The lowest BCUT2D eigenvalue weighted by Gasteiger charge is -2.25. The maximum absolute atomic E-state index is 8.99. The Kier molecular flexibility index (Phi) is 5.59. The molecule has 0 unspecified atom stereocenters. The molecule has 1 aromatic carbocycles. The molecule has 5 heteroatoms. The van der Waals surface area contributed by atoms with Crippen LogP contribution in [-0.2, 0) is 0 Å². The van der Waals surface area contributed by atoms with Crippen molar-refractivity contribution < 1.29 is 14.9 Å². The number of benzene rings is 1. The van der Waals surface area contributed by atoms with E-state index in [1.807, 2.05) is 24.0 Å². The van der Waals surface area contributed by atoms with Crippen LogP contribution in [0.25, 0.3) is 0 Å². The summed E-state index contributed by atoms with van der Waals surface area (Å²) in [6, 6.07) is 5.50. The van der Waals surface area contributed by atoms with Gasteiger partial charge in [-0.2, -0.15) is 0 Å². The van der Waals surface area contributed by atoms with Gasteiger partial charge in [0.05, 0.1) is 31.2 Å². The molecule has 0 bridgehead atoms. The first-order chi connectivity index (χ1) is 8.24. The van der Waals surface area contributed by atoms with Gasteiger partial charge in [-0.1, -0.05) is 6.07 Å². The Morgan fingerprint density at radius 3 is 2.41 bits per heavy atom. The molecule has 17 heavy (non-hydrogen) atoms. The summed E-state index contributed by atoms with van der Waals surface area (Å²) in [7, 11) is 0. The van der Waals surface area contributed by atoms with Crippen LogP contribution in [0.1, 0.15) is 6.92 Å². The molecular weight excluding hydrogens is 220 g/mol. The van der Waals surface area contributed by atoms with E-state index in [1.165, 1.54) is 0 Å². The number of rotatable bonds is 7. The number of para-hydroxylation sites is 1. The number of aliphatic hydroxyl groups is 2. The van der Waals surface area contributed by atoms with E-state index in [-0.39, 0.29) is 13.2 Å². The van der Waals surface area contributed by atoms with Gasteiger partial charge in [0.15, 0.2) is 0 Å². The van der Waals surface area contributed by atoms with E-state index in [2.05, 4.69) is 0 Å². The summed E-state index contributed by atoms with van der Waals surface area (Å²) in [5.74, 6) is 0.630. The topological polar surface area (TPSA) is 79.0 Å². The zero-order valence-corrected chi connectivity index (χ0v) is 10.1. The molecule has 0 spiro atoms. The lowest BCUT2D eigenvalue weighted by Crippen LogP contribution is -2.30. The molecule has 0 amide bonds. The highest BCUT2D eigenvalue weighted by Crippen LogP contribution is 2.31. The van der Waals surface area contributed by atoms with Gasteiger partial charge in [0, 0.05) is 13.1 Å². The van der Waals surface area contributed by atoms with E-state index < -0.39 is 0 Å². The average Bonchev–Trinajstić information content (AvgIpc) is 2.32. The first kappa shape index (κ1) is 13.6. The molecule has 0 aliphatic rings. The first-order valence-electron chi connectivity index (χ1n) is 5.72. The van der Waals surface area contributed by atoms with Crippen molar-refractivity contribution in [1.29, 1.82) is 0 Å². The Balaban J connectivity index is 2.97. The number of nitrogens with two attached hydrogens (primary N) is 1. The third-order valence-corrected chi connectivity index (χ3v) is 2.42. The summed E-state index contributed by atoms with van der Waals surface area (Å²) in [5, 5.41) is 18.0. The smallest absolute Gasteiger partial charge is 0.144 e. The predicted molar refractivity (Wildman–Crippen MR) is 68.4 cm³/mol. The number of hydrogen-bond donors (Lipinski definition) is 3. The van der Waals surface area contributed by atoms with E-state index in [9.17, 15) is 0 Å². The standard InChI is InChI=1S/C12H20N2O3/c1-2-17-11-5-3-4-10(12(11)13)14(6-8-15)7-9-16/h3-5,15-16H,2,6-9,13H2,1H3. The molecule has 0 saturated heterocycles. The molecule has 0 heterocycles. The molecule has 96 valence electrons. The normalized spacial score (nSPS) is 10.3. The highest BCUT2D eigenvalue weighted by atomic mass is 16.5. The molecule has 1 aromatic rings. The van der Waals surface area contributed by atoms with Crippen LogP contribution < -0.4 is 15.4 Å². The lowest BCUT2D eigenvalue weighted by molar-refractivity contribution is 0.281. The Morgan fingerprint density at radius 2 is 1.88 bits per heavy atom. The molecule has 0 atom stereocenters. The third-order valence-electron chi connectivity index (χ3n) is 2.42. The summed E-state index contributed by atoms with van der Waals surface area (Å²) < 4.78 is 5.41. The van der Waals surface area contributed by atoms with Crippen LogP contribution in [-0.4, -0.2) is 43.1 Å². The highest BCUT2D eigenvalue weighted by molar-refractivity contribution is 5.74. The fourth-order valence-corrected chi connectivity index (χ4v) is 1.68. The molecule has 0 radical (unpaired) electrons. The Labute approximate surface area is 101 Å². The van der Waals surface area contributed by atoms with Gasteiger partial charge in [-0.3, -0.25) is 0 Å². The average molecular weight is 240 g/mol. The van der Waals surface area contributed by atoms with Gasteiger partial charge in [0.1, 0.15) is 5.75 Å². The van der Waals surface area contributed by atoms with E-state index in [4.69, 9.17) is 20.7 Å². The van der Waals surface area contributed by atoms with Gasteiger partial charge in [0.25, 0.3) is 0 Å². The molecule has 0 saturated carbocycles. The number of aliphatic hydroxyl groups excluding tert-OH is 2. The summed E-state index contributed by atoms with van der Waals surface area (Å²) in [6.07, 6.45) is 0. The SMILES string of the molecule is CCOc1cccc(N(CCO)CCO)c1N. The number of nitrogen functional groups attached to an aromatic ring is 1. The first-order valence-corrected chi connectivity index (χ1v) is 5.72. The molecular formula is C12H20N2O3. The molecule has 0 aliphatic heterocycles. The predicted octanol–water partition coefficient (Wildman–Crippen LogP) is 0.459. The van der Waals surface area contributed by atoms with Crippen LogP contribution in [0.15, 0.2) is 18.2 Å². The molecule has 0 aromatic heterocycles. The Bertz CT molecular complexity index is 339. The van der Waals surface area contributed by atoms with Gasteiger partial charge in [-0.25, -0.2) is 0 Å². The second-order valence-electron chi connectivity index (χ2n) is 3.56. The van der Waals surface area contributed by atoms with E-state index >= 15 is 0 Å². The molecule has 4 N–H and O–H groups in total. The van der Waals surface area contributed by atoms with Crippen molar-refractivity contribution in [3.63, 3.8) is 0 Å². The maximum Gasteiger partial charge on any atom is 0.144 e. The number of hydrogen-bond acceptors (Lipinski definition) is 5. The summed E-state index contributed by atoms with van der Waals surface area (Å²) in [5.41, 5.74) is 7.32. The second-order valence-corrected chi connectivity index (χ2v) is 3.56. The maximum atomic E-state index is 8.99. The third kappa shape index (κ3) is 3.51. The minimum absolute atomic E-state index is 0.0122. The minimum atomic E-state index is 0.0122. The van der Waals surface area contributed by atoms with Crippen LogP contribution in [0.2, 0.25) is 0 Å². The van der Waals surface area contributed by atoms with Crippen molar-refractivity contribution in [2.24, 2.45) is 0 Å². The van der Waals surface area contributed by atoms with Gasteiger partial charge < -0.3 is 25.6 Å². The zero-order chi connectivity index (χ0) is 12.7. The monoisotopic (exact) mass is 240 g/mol. The van der Waals surface area contributed by atoms with Crippen LogP contribution in [0.5, 0.6) is 5.75 Å². The zero-order valence-electron chi connectivity index (χ0n) is 10.1. The fourth-order valence-electron chi connectivity index (χ4n) is 1.68. The van der Waals surface area contributed by atoms with Crippen LogP contribution in [0.4, 0.5) is 11.4 Å². The van der Waals surface area contributed by atoms with Gasteiger partial charge >= 0.3 is 0 Å². The Hall–Kier alpha value is -1.46. The summed E-state index contributed by atoms with van der Waals surface area (Å²) in [4.78, 5) is 1.83. The van der Waals surface area contributed by atoms with Crippen molar-refractivity contribution in [2.45, 2.75) is 6.92 Å². The van der Waals surface area contributed by atoms with Gasteiger partial charge in [-0.05, 0) is 19.1 Å². The minimum Gasteiger partial charge on any atom is -0.492 e. The van der Waals surface area contributed by atoms with Crippen LogP contribution in [0, 0.1) is 0 Å². The molecule has 0 aliphatic carbocycles. The molecule has 1 rings (SSSR count). The Morgan fingerprint density at radius 1 is 1.24 bits per heavy atom. The largest absolute Gasteiger partial charge is 0.492 e. The number of ether oxygens (including phenoxy) is 1. The van der Waals surface area contributed by atoms with Crippen molar-refractivity contribution >= 4 is 11.4 Å². The van der Waals surface area contributed by atoms with E-state index in [0.29, 0.717) is 31.1 Å². The molecule has 5 nitrogen and oxygen atoms in total. The summed E-state index contributed by atoms with van der Waals surface area (Å²) in [6.45, 7) is 3.33. The molecule has 0 fully saturated rings. The van der Waals surface area contributed by atoms with Crippen molar-refractivity contribution in [3.8, 4) is 5.75 Å². The van der Waals surface area contributed by atoms with E-state index in [0.717, 1.165) is 5.69 Å². The van der Waals surface area contributed by atoms with Gasteiger partial charge in [0.2, 0.25) is 0 Å². The van der Waals surface area contributed by atoms with Crippen molar-refractivity contribution in [1.82, 2.24) is 0 Å². The van der Waals surface area contributed by atoms with Crippen LogP contribution >= 0.6 is 0 Å². The highest BCUT2D eigenvalue weighted by Gasteiger charge is 2.12. The second kappa shape index (κ2) is 6.98.